The van der Waals surface area contributed by atoms with Gasteiger partial charge in [-0.25, -0.2) is 9.59 Å². The highest BCUT2D eigenvalue weighted by Crippen LogP contribution is 2.08. The van der Waals surface area contributed by atoms with Crippen molar-refractivity contribution in [1.29, 1.82) is 0 Å². The Labute approximate surface area is 139 Å². The molecule has 3 amide bonds. The highest BCUT2D eigenvalue weighted by molar-refractivity contribution is 6.30. The van der Waals surface area contributed by atoms with Crippen LogP contribution < -0.4 is 16.0 Å². The lowest BCUT2D eigenvalue weighted by atomic mass is 10.1. The minimum Gasteiger partial charge on any atom is -0.480 e. The van der Waals surface area contributed by atoms with E-state index in [0.29, 0.717) is 5.02 Å². The second-order valence-corrected chi connectivity index (χ2v) is 5.73. The highest BCUT2D eigenvalue weighted by atomic mass is 35.5. The van der Waals surface area contributed by atoms with E-state index in [4.69, 9.17) is 16.7 Å². The summed E-state index contributed by atoms with van der Waals surface area (Å²) in [5, 5.41) is 16.9. The first kappa shape index (κ1) is 18.8. The van der Waals surface area contributed by atoms with Crippen molar-refractivity contribution in [3.05, 3.63) is 34.9 Å². The Morgan fingerprint density at radius 1 is 1.13 bits per heavy atom. The van der Waals surface area contributed by atoms with Crippen molar-refractivity contribution in [3.8, 4) is 0 Å². The molecular formula is C15H20ClN3O4. The maximum Gasteiger partial charge on any atom is 0.326 e. The summed E-state index contributed by atoms with van der Waals surface area (Å²) in [5.41, 5.74) is 0.861. The van der Waals surface area contributed by atoms with E-state index in [1.54, 1.807) is 38.1 Å². The molecule has 126 valence electrons. The molecule has 0 aliphatic heterocycles. The molecule has 0 spiro atoms. The Hall–Kier alpha value is -2.28. The summed E-state index contributed by atoms with van der Waals surface area (Å²) in [5.74, 6) is -1.93. The largest absolute Gasteiger partial charge is 0.480 e. The van der Waals surface area contributed by atoms with Crippen molar-refractivity contribution in [2.45, 2.75) is 26.4 Å². The average Bonchev–Trinajstić information content (AvgIpc) is 2.49. The first-order chi connectivity index (χ1) is 10.8. The number of rotatable bonds is 7. The summed E-state index contributed by atoms with van der Waals surface area (Å²) >= 11 is 5.76. The number of carbonyl (C=O) groups excluding carboxylic acids is 2. The molecule has 1 aromatic rings. The minimum absolute atomic E-state index is 0.254. The van der Waals surface area contributed by atoms with Gasteiger partial charge in [0.2, 0.25) is 5.91 Å². The van der Waals surface area contributed by atoms with Crippen molar-refractivity contribution < 1.29 is 19.5 Å². The first-order valence-corrected chi connectivity index (χ1v) is 7.45. The zero-order chi connectivity index (χ0) is 17.4. The van der Waals surface area contributed by atoms with Crippen LogP contribution in [0, 0.1) is 5.92 Å². The zero-order valence-electron chi connectivity index (χ0n) is 12.9. The molecule has 23 heavy (non-hydrogen) atoms. The van der Waals surface area contributed by atoms with Crippen molar-refractivity contribution in [1.82, 2.24) is 16.0 Å². The van der Waals surface area contributed by atoms with E-state index < -0.39 is 23.9 Å². The number of amides is 3. The normalized spacial score (nSPS) is 11.7. The number of benzene rings is 1. The zero-order valence-corrected chi connectivity index (χ0v) is 13.7. The molecule has 1 atom stereocenters. The molecule has 0 saturated heterocycles. The van der Waals surface area contributed by atoms with Gasteiger partial charge in [-0.1, -0.05) is 37.6 Å². The third kappa shape index (κ3) is 7.01. The van der Waals surface area contributed by atoms with Crippen LogP contribution in [0.2, 0.25) is 5.02 Å². The predicted octanol–water partition coefficient (Wildman–Crippen LogP) is 1.36. The monoisotopic (exact) mass is 341 g/mol. The van der Waals surface area contributed by atoms with E-state index in [1.807, 2.05) is 0 Å². The summed E-state index contributed by atoms with van der Waals surface area (Å²) in [4.78, 5) is 34.2. The van der Waals surface area contributed by atoms with Gasteiger partial charge in [0.1, 0.15) is 6.04 Å². The molecule has 4 N–H and O–H groups in total. The third-order valence-corrected chi connectivity index (χ3v) is 3.28. The van der Waals surface area contributed by atoms with Gasteiger partial charge in [0.25, 0.3) is 0 Å². The molecular weight excluding hydrogens is 322 g/mol. The van der Waals surface area contributed by atoms with Gasteiger partial charge < -0.3 is 21.1 Å². The van der Waals surface area contributed by atoms with Crippen LogP contribution in [0.1, 0.15) is 19.4 Å². The fourth-order valence-corrected chi connectivity index (χ4v) is 1.87. The van der Waals surface area contributed by atoms with Gasteiger partial charge in [0, 0.05) is 11.6 Å². The van der Waals surface area contributed by atoms with Gasteiger partial charge in [-0.3, -0.25) is 4.79 Å². The van der Waals surface area contributed by atoms with Crippen LogP contribution in [0.4, 0.5) is 4.79 Å². The Bertz CT molecular complexity index is 560. The predicted molar refractivity (Wildman–Crippen MR) is 86.1 cm³/mol. The lowest BCUT2D eigenvalue weighted by Crippen LogP contribution is -2.49. The average molecular weight is 342 g/mol. The van der Waals surface area contributed by atoms with Crippen molar-refractivity contribution in [2.75, 3.05) is 6.54 Å². The Morgan fingerprint density at radius 2 is 1.74 bits per heavy atom. The second-order valence-electron chi connectivity index (χ2n) is 5.29. The van der Waals surface area contributed by atoms with Gasteiger partial charge in [0.15, 0.2) is 0 Å². The van der Waals surface area contributed by atoms with Gasteiger partial charge >= 0.3 is 12.0 Å². The van der Waals surface area contributed by atoms with Crippen LogP contribution in [0.5, 0.6) is 0 Å². The molecule has 1 aromatic carbocycles. The lowest BCUT2D eigenvalue weighted by Gasteiger charge is -2.18. The number of halogens is 1. The highest BCUT2D eigenvalue weighted by Gasteiger charge is 2.23. The third-order valence-electron chi connectivity index (χ3n) is 3.03. The topological polar surface area (TPSA) is 108 Å². The summed E-state index contributed by atoms with van der Waals surface area (Å²) in [6.07, 6.45) is 0. The minimum atomic E-state index is -1.11. The molecule has 7 nitrogen and oxygen atoms in total. The van der Waals surface area contributed by atoms with Crippen LogP contribution in [0.25, 0.3) is 0 Å². The SMILES string of the molecule is CC(C)[C@@H](NC(=O)CNC(=O)NCc1ccc(Cl)cc1)C(=O)O. The molecule has 0 radical (unpaired) electrons. The Balaban J connectivity index is 2.33. The number of aliphatic carboxylic acids is 1. The number of hydrogen-bond acceptors (Lipinski definition) is 3. The van der Waals surface area contributed by atoms with E-state index in [9.17, 15) is 14.4 Å². The Kier molecular flexibility index (Phi) is 7.34. The van der Waals surface area contributed by atoms with E-state index in [-0.39, 0.29) is 19.0 Å². The molecule has 0 aliphatic carbocycles. The van der Waals surface area contributed by atoms with Crippen LogP contribution in [0.3, 0.4) is 0 Å². The second kappa shape index (κ2) is 8.99. The summed E-state index contributed by atoms with van der Waals surface area (Å²) < 4.78 is 0. The number of hydrogen-bond donors (Lipinski definition) is 4. The van der Waals surface area contributed by atoms with Crippen LogP contribution in [-0.4, -0.2) is 35.6 Å². The first-order valence-electron chi connectivity index (χ1n) is 7.08. The summed E-state index contributed by atoms with van der Waals surface area (Å²) in [6.45, 7) is 3.36. The summed E-state index contributed by atoms with van der Waals surface area (Å²) in [6, 6.07) is 5.46. The molecule has 0 aromatic heterocycles. The van der Waals surface area contributed by atoms with Gasteiger partial charge in [0.05, 0.1) is 6.54 Å². The fraction of sp³-hybridized carbons (Fsp3) is 0.400. The number of nitrogens with one attached hydrogen (secondary N) is 3. The number of carboxylic acids is 1. The van der Waals surface area contributed by atoms with Crippen LogP contribution in [0.15, 0.2) is 24.3 Å². The van der Waals surface area contributed by atoms with Crippen LogP contribution in [-0.2, 0) is 16.1 Å². The van der Waals surface area contributed by atoms with E-state index in [1.165, 1.54) is 0 Å². The number of carbonyl (C=O) groups is 3. The molecule has 0 saturated carbocycles. The van der Waals surface area contributed by atoms with Gasteiger partial charge in [-0.2, -0.15) is 0 Å². The van der Waals surface area contributed by atoms with E-state index >= 15 is 0 Å². The van der Waals surface area contributed by atoms with Gasteiger partial charge in [-0.15, -0.1) is 0 Å². The lowest BCUT2D eigenvalue weighted by molar-refractivity contribution is -0.142. The quantitative estimate of drug-likeness (QED) is 0.600. The molecule has 0 heterocycles. The van der Waals surface area contributed by atoms with E-state index in [0.717, 1.165) is 5.56 Å². The van der Waals surface area contributed by atoms with Crippen LogP contribution >= 0.6 is 11.6 Å². The molecule has 8 heteroatoms. The molecule has 1 rings (SSSR count). The summed E-state index contributed by atoms with van der Waals surface area (Å²) in [7, 11) is 0. The number of urea groups is 1. The molecule has 0 unspecified atom stereocenters. The smallest absolute Gasteiger partial charge is 0.326 e. The van der Waals surface area contributed by atoms with Crippen molar-refractivity contribution in [2.24, 2.45) is 5.92 Å². The number of carboxylic acid groups (broad SMARTS) is 1. The standard InChI is InChI=1S/C15H20ClN3O4/c1-9(2)13(14(21)22)19-12(20)8-18-15(23)17-7-10-3-5-11(16)6-4-10/h3-6,9,13H,7-8H2,1-2H3,(H,19,20)(H,21,22)(H2,17,18,23)/t13-/m1/s1. The molecule has 0 bridgehead atoms. The Morgan fingerprint density at radius 3 is 2.26 bits per heavy atom. The van der Waals surface area contributed by atoms with E-state index in [2.05, 4.69) is 16.0 Å². The van der Waals surface area contributed by atoms with Crippen molar-refractivity contribution >= 4 is 29.5 Å². The fourth-order valence-electron chi connectivity index (χ4n) is 1.75. The van der Waals surface area contributed by atoms with Gasteiger partial charge in [-0.05, 0) is 23.6 Å². The van der Waals surface area contributed by atoms with Crippen molar-refractivity contribution in [3.63, 3.8) is 0 Å². The maximum atomic E-state index is 11.6. The molecule has 0 fully saturated rings. The molecule has 0 aliphatic rings. The maximum absolute atomic E-state index is 11.6.